The standard InChI is InChI=1S/C53H32N2O2/c1-3-13-34(14-4-1)44-32-45(55-52(54-44)36-15-5-2-6-16-36)35-25-23-33(24-26-35)37-27-28-38-43(31-37)53(40-18-8-11-21-47(40)57-48-22-12-9-19-41(48)53)42-29-30-49-51(50(38)42)39-17-7-10-20-46(39)56-49/h1-32H. The summed E-state index contributed by atoms with van der Waals surface area (Å²) in [4.78, 5) is 10.1. The number of aromatic nitrogens is 2. The molecule has 2 aliphatic rings. The molecule has 0 atom stereocenters. The van der Waals surface area contributed by atoms with Crippen molar-refractivity contribution in [3.8, 4) is 67.7 Å². The lowest BCUT2D eigenvalue weighted by atomic mass is 9.66. The highest BCUT2D eigenvalue weighted by atomic mass is 16.5. The molecule has 4 nitrogen and oxygen atoms in total. The Morgan fingerprint density at radius 1 is 0.386 bits per heavy atom. The van der Waals surface area contributed by atoms with Crippen LogP contribution < -0.4 is 4.74 Å². The van der Waals surface area contributed by atoms with Crippen molar-refractivity contribution in [3.63, 3.8) is 0 Å². The van der Waals surface area contributed by atoms with Gasteiger partial charge in [-0.3, -0.25) is 0 Å². The number of benzene rings is 8. The molecule has 266 valence electrons. The molecule has 12 rings (SSSR count). The van der Waals surface area contributed by atoms with Gasteiger partial charge in [0.25, 0.3) is 0 Å². The number of hydrogen-bond acceptors (Lipinski definition) is 4. The summed E-state index contributed by atoms with van der Waals surface area (Å²) in [5, 5.41) is 2.27. The van der Waals surface area contributed by atoms with E-state index in [1.165, 1.54) is 22.3 Å². The molecule has 57 heavy (non-hydrogen) atoms. The van der Waals surface area contributed by atoms with E-state index < -0.39 is 5.41 Å². The number of para-hydroxylation sites is 3. The van der Waals surface area contributed by atoms with Gasteiger partial charge < -0.3 is 9.15 Å². The van der Waals surface area contributed by atoms with Crippen LogP contribution in [0.2, 0.25) is 0 Å². The first-order valence-corrected chi connectivity index (χ1v) is 19.3. The van der Waals surface area contributed by atoms with Crippen LogP contribution in [0.5, 0.6) is 11.5 Å². The van der Waals surface area contributed by atoms with Crippen LogP contribution in [0, 0.1) is 0 Å². The maximum atomic E-state index is 6.65. The molecule has 0 saturated carbocycles. The van der Waals surface area contributed by atoms with E-state index >= 15 is 0 Å². The Labute approximate surface area is 329 Å². The van der Waals surface area contributed by atoms with E-state index in [0.29, 0.717) is 5.82 Å². The highest BCUT2D eigenvalue weighted by molar-refractivity contribution is 6.16. The first kappa shape index (κ1) is 31.8. The Morgan fingerprint density at radius 2 is 0.965 bits per heavy atom. The normalized spacial score (nSPS) is 13.2. The van der Waals surface area contributed by atoms with E-state index in [9.17, 15) is 0 Å². The van der Waals surface area contributed by atoms with Crippen molar-refractivity contribution in [2.75, 3.05) is 0 Å². The molecule has 1 aliphatic carbocycles. The van der Waals surface area contributed by atoms with E-state index in [1.54, 1.807) is 0 Å². The fraction of sp³-hybridized carbons (Fsp3) is 0.0189. The summed E-state index contributed by atoms with van der Waals surface area (Å²) in [7, 11) is 0. The van der Waals surface area contributed by atoms with Gasteiger partial charge >= 0.3 is 0 Å². The van der Waals surface area contributed by atoms with Gasteiger partial charge in [0.05, 0.1) is 16.8 Å². The molecule has 0 bridgehead atoms. The molecule has 0 unspecified atom stereocenters. The van der Waals surface area contributed by atoms with Gasteiger partial charge in [-0.25, -0.2) is 9.97 Å². The van der Waals surface area contributed by atoms with Crippen molar-refractivity contribution in [2.45, 2.75) is 5.41 Å². The van der Waals surface area contributed by atoms with Crippen molar-refractivity contribution >= 4 is 21.9 Å². The molecule has 8 aromatic carbocycles. The third-order valence-electron chi connectivity index (χ3n) is 11.8. The molecule has 10 aromatic rings. The van der Waals surface area contributed by atoms with Crippen molar-refractivity contribution in [1.82, 2.24) is 9.97 Å². The summed E-state index contributed by atoms with van der Waals surface area (Å²) in [6.45, 7) is 0. The largest absolute Gasteiger partial charge is 0.457 e. The van der Waals surface area contributed by atoms with E-state index in [2.05, 4.69) is 152 Å². The third-order valence-corrected chi connectivity index (χ3v) is 11.8. The Bertz CT molecular complexity index is 3100. The van der Waals surface area contributed by atoms with Crippen LogP contribution in [0.25, 0.3) is 78.1 Å². The second kappa shape index (κ2) is 12.2. The van der Waals surface area contributed by atoms with Gasteiger partial charge in [-0.2, -0.15) is 0 Å². The van der Waals surface area contributed by atoms with E-state index in [1.807, 2.05) is 42.5 Å². The van der Waals surface area contributed by atoms with Crippen LogP contribution in [0.4, 0.5) is 0 Å². The summed E-state index contributed by atoms with van der Waals surface area (Å²) in [5.41, 5.74) is 15.4. The topological polar surface area (TPSA) is 48.2 Å². The SMILES string of the molecule is c1ccc(-c2cc(-c3ccc(-c4ccc5c(c4)C4(c6ccccc6Oc6ccccc64)c4ccc6oc7ccccc7c6c4-5)cc3)nc(-c3ccccc3)n2)cc1. The first-order valence-electron chi connectivity index (χ1n) is 19.3. The Kier molecular flexibility index (Phi) is 6.81. The zero-order valence-electron chi connectivity index (χ0n) is 30.7. The van der Waals surface area contributed by atoms with Crippen LogP contribution >= 0.6 is 0 Å². The summed E-state index contributed by atoms with van der Waals surface area (Å²) in [5.74, 6) is 2.45. The number of furan rings is 1. The molecule has 2 aromatic heterocycles. The maximum absolute atomic E-state index is 6.65. The minimum absolute atomic E-state index is 0.610. The molecule has 1 aliphatic heterocycles. The van der Waals surface area contributed by atoms with Crippen LogP contribution in [0.15, 0.2) is 199 Å². The zero-order valence-corrected chi connectivity index (χ0v) is 30.7. The molecule has 3 heterocycles. The molecule has 1 spiro atoms. The number of nitrogens with zero attached hydrogens (tertiary/aromatic N) is 2. The minimum atomic E-state index is -0.610. The predicted molar refractivity (Wildman–Crippen MR) is 228 cm³/mol. The van der Waals surface area contributed by atoms with Gasteiger partial charge in [-0.15, -0.1) is 0 Å². The van der Waals surface area contributed by atoms with Gasteiger partial charge in [-0.05, 0) is 69.8 Å². The second-order valence-electron chi connectivity index (χ2n) is 14.8. The van der Waals surface area contributed by atoms with E-state index in [0.717, 1.165) is 83.8 Å². The maximum Gasteiger partial charge on any atom is 0.160 e. The second-order valence-corrected chi connectivity index (χ2v) is 14.8. The Balaban J connectivity index is 1.05. The monoisotopic (exact) mass is 728 g/mol. The number of hydrogen-bond donors (Lipinski definition) is 0. The third kappa shape index (κ3) is 4.68. The summed E-state index contributed by atoms with van der Waals surface area (Å²) >= 11 is 0. The molecule has 0 N–H and O–H groups in total. The first-order chi connectivity index (χ1) is 28.2. The fourth-order valence-electron chi connectivity index (χ4n) is 9.28. The highest BCUT2D eigenvalue weighted by Gasteiger charge is 2.52. The lowest BCUT2D eigenvalue weighted by Crippen LogP contribution is -2.32. The molecule has 0 amide bonds. The Morgan fingerprint density at radius 3 is 1.68 bits per heavy atom. The van der Waals surface area contributed by atoms with Crippen LogP contribution in [0.3, 0.4) is 0 Å². The molecule has 0 radical (unpaired) electrons. The van der Waals surface area contributed by atoms with Crippen molar-refractivity contribution in [3.05, 3.63) is 216 Å². The summed E-state index contributed by atoms with van der Waals surface area (Å²) in [6.07, 6.45) is 0. The highest BCUT2D eigenvalue weighted by Crippen LogP contribution is 2.64. The smallest absolute Gasteiger partial charge is 0.160 e. The van der Waals surface area contributed by atoms with Gasteiger partial charge in [-0.1, -0.05) is 158 Å². The minimum Gasteiger partial charge on any atom is -0.457 e. The quantitative estimate of drug-likeness (QED) is 0.181. The summed E-state index contributed by atoms with van der Waals surface area (Å²) < 4.78 is 13.1. The zero-order chi connectivity index (χ0) is 37.5. The van der Waals surface area contributed by atoms with E-state index in [-0.39, 0.29) is 0 Å². The molecule has 0 saturated heterocycles. The summed E-state index contributed by atoms with van der Waals surface area (Å²) in [6, 6.07) is 68.2. The van der Waals surface area contributed by atoms with Crippen molar-refractivity contribution < 1.29 is 9.15 Å². The predicted octanol–water partition coefficient (Wildman–Crippen LogP) is 13.5. The van der Waals surface area contributed by atoms with Crippen molar-refractivity contribution in [1.29, 1.82) is 0 Å². The molecular formula is C53H32N2O2. The molecular weight excluding hydrogens is 697 g/mol. The lowest BCUT2D eigenvalue weighted by molar-refractivity contribution is 0.436. The molecule has 0 fully saturated rings. The average Bonchev–Trinajstić information content (AvgIpc) is 3.80. The van der Waals surface area contributed by atoms with Crippen molar-refractivity contribution in [2.24, 2.45) is 0 Å². The number of rotatable bonds is 4. The van der Waals surface area contributed by atoms with Gasteiger partial charge in [0.1, 0.15) is 22.7 Å². The van der Waals surface area contributed by atoms with Crippen LogP contribution in [0.1, 0.15) is 22.3 Å². The fourth-order valence-corrected chi connectivity index (χ4v) is 9.28. The van der Waals surface area contributed by atoms with E-state index in [4.69, 9.17) is 19.1 Å². The molecule has 4 heteroatoms. The number of fused-ring (bicyclic) bond motifs is 13. The van der Waals surface area contributed by atoms with Gasteiger partial charge in [0, 0.05) is 38.6 Å². The average molecular weight is 729 g/mol. The van der Waals surface area contributed by atoms with Gasteiger partial charge in [0.2, 0.25) is 0 Å². The lowest BCUT2D eigenvalue weighted by Gasteiger charge is -2.39. The Hall–Kier alpha value is -7.56. The number of ether oxygens (including phenoxy) is 1. The van der Waals surface area contributed by atoms with Crippen LogP contribution in [-0.4, -0.2) is 9.97 Å². The van der Waals surface area contributed by atoms with Crippen LogP contribution in [-0.2, 0) is 5.41 Å². The van der Waals surface area contributed by atoms with Gasteiger partial charge in [0.15, 0.2) is 5.82 Å².